The molecule has 2 aliphatic rings. The van der Waals surface area contributed by atoms with E-state index < -0.39 is 12.3 Å². The summed E-state index contributed by atoms with van der Waals surface area (Å²) in [7, 11) is 0. The Labute approximate surface area is 353 Å². The molecule has 0 radical (unpaired) electrons. The molecule has 0 saturated carbocycles. The minimum atomic E-state index is -0.762. The number of para-hydroxylation sites is 4. The van der Waals surface area contributed by atoms with E-state index in [-0.39, 0.29) is 82.2 Å². The number of rotatable bonds is 16. The summed E-state index contributed by atoms with van der Waals surface area (Å²) in [6, 6.07) is 35.5. The standard InChI is InChI=1S/C40H42N8O6S4/c49-35(41-29-13-5-1-6-14-29)55-25-21-45-33-34(47(39(45)53)23-27-57-37(51)43-31-17-9-3-10-18-31)48(24-28-58-38(52)44-32-19-11-4-12-20-32)40(54)46(33)22-26-56-36(50)42-30-15-7-2-8-16-30/h1-20,33-34H,21-28H2,(H,41,49)(H,42,50)(H,43,51)(H,44,52). The summed E-state index contributed by atoms with van der Waals surface area (Å²) < 4.78 is 0. The highest BCUT2D eigenvalue weighted by molar-refractivity contribution is 8.14. The Kier molecular flexibility index (Phi) is 15.7. The first-order valence-electron chi connectivity index (χ1n) is 18.4. The van der Waals surface area contributed by atoms with E-state index in [2.05, 4.69) is 21.3 Å². The number of hydrogen-bond donors (Lipinski definition) is 4. The number of hydrogen-bond acceptors (Lipinski definition) is 10. The molecule has 0 aromatic heterocycles. The lowest BCUT2D eigenvalue weighted by atomic mass is 10.3. The Morgan fingerprint density at radius 1 is 0.379 bits per heavy atom. The summed E-state index contributed by atoms with van der Waals surface area (Å²) in [4.78, 5) is 86.4. The van der Waals surface area contributed by atoms with E-state index >= 15 is 0 Å². The first-order chi connectivity index (χ1) is 28.3. The zero-order valence-electron chi connectivity index (χ0n) is 31.2. The summed E-state index contributed by atoms with van der Waals surface area (Å²) in [6.45, 7) is 0.550. The van der Waals surface area contributed by atoms with Gasteiger partial charge in [-0.1, -0.05) is 120 Å². The van der Waals surface area contributed by atoms with Gasteiger partial charge in [-0.3, -0.25) is 38.8 Å². The van der Waals surface area contributed by atoms with Crippen molar-refractivity contribution in [2.75, 3.05) is 70.5 Å². The molecule has 58 heavy (non-hydrogen) atoms. The van der Waals surface area contributed by atoms with Crippen molar-refractivity contribution in [3.05, 3.63) is 121 Å². The summed E-state index contributed by atoms with van der Waals surface area (Å²) in [6.07, 6.45) is -1.52. The third-order valence-corrected chi connectivity index (χ3v) is 11.9. The minimum absolute atomic E-state index is 0.137. The topological polar surface area (TPSA) is 164 Å². The normalized spacial score (nSPS) is 15.9. The van der Waals surface area contributed by atoms with Gasteiger partial charge < -0.3 is 21.3 Å². The van der Waals surface area contributed by atoms with Crippen molar-refractivity contribution in [1.29, 1.82) is 0 Å². The van der Waals surface area contributed by atoms with E-state index in [9.17, 15) is 28.8 Å². The van der Waals surface area contributed by atoms with Crippen LogP contribution in [-0.2, 0) is 0 Å². The largest absolute Gasteiger partial charge is 0.323 e. The van der Waals surface area contributed by atoms with Crippen LogP contribution < -0.4 is 21.3 Å². The molecule has 0 bridgehead atoms. The van der Waals surface area contributed by atoms with Gasteiger partial charge in [0.15, 0.2) is 0 Å². The van der Waals surface area contributed by atoms with Crippen LogP contribution in [0.2, 0.25) is 0 Å². The van der Waals surface area contributed by atoms with E-state index in [1.165, 1.54) is 0 Å². The number of anilines is 4. The Morgan fingerprint density at radius 2 is 0.586 bits per heavy atom. The molecular weight excluding hydrogens is 817 g/mol. The molecule has 0 spiro atoms. The van der Waals surface area contributed by atoms with Crippen LogP contribution in [0.25, 0.3) is 0 Å². The lowest BCUT2D eigenvalue weighted by molar-refractivity contribution is 0.136. The molecule has 4 aromatic rings. The molecule has 2 aliphatic heterocycles. The van der Waals surface area contributed by atoms with Gasteiger partial charge in [0.2, 0.25) is 0 Å². The van der Waals surface area contributed by atoms with Crippen LogP contribution in [-0.4, -0.2) is 114 Å². The van der Waals surface area contributed by atoms with E-state index in [0.29, 0.717) is 22.7 Å². The van der Waals surface area contributed by atoms with Gasteiger partial charge in [-0.2, -0.15) is 0 Å². The quantitative estimate of drug-likeness (QED) is 0.0856. The Balaban J connectivity index is 1.17. The predicted octanol–water partition coefficient (Wildman–Crippen LogP) is 8.98. The van der Waals surface area contributed by atoms with Crippen molar-refractivity contribution in [2.24, 2.45) is 0 Å². The van der Waals surface area contributed by atoms with Crippen molar-refractivity contribution in [2.45, 2.75) is 12.3 Å². The molecule has 2 fully saturated rings. The highest BCUT2D eigenvalue weighted by atomic mass is 32.2. The average molecular weight is 859 g/mol. The second-order valence-electron chi connectivity index (χ2n) is 12.7. The van der Waals surface area contributed by atoms with Crippen molar-refractivity contribution in [1.82, 2.24) is 19.6 Å². The van der Waals surface area contributed by atoms with Crippen LogP contribution in [0.4, 0.5) is 51.5 Å². The van der Waals surface area contributed by atoms with E-state index in [0.717, 1.165) is 47.0 Å². The van der Waals surface area contributed by atoms with Gasteiger partial charge in [0.1, 0.15) is 12.3 Å². The van der Waals surface area contributed by atoms with E-state index in [4.69, 9.17) is 0 Å². The number of nitrogens with one attached hydrogen (secondary N) is 4. The molecule has 18 heteroatoms. The summed E-state index contributed by atoms with van der Waals surface area (Å²) in [5.41, 5.74) is 2.57. The molecule has 14 nitrogen and oxygen atoms in total. The summed E-state index contributed by atoms with van der Waals surface area (Å²) in [5.74, 6) is 0.950. The van der Waals surface area contributed by atoms with Crippen molar-refractivity contribution < 1.29 is 28.8 Å². The molecule has 0 atom stereocenters. The Bertz CT molecular complexity index is 1740. The van der Waals surface area contributed by atoms with Crippen LogP contribution in [0, 0.1) is 0 Å². The van der Waals surface area contributed by atoms with E-state index in [1.54, 1.807) is 68.1 Å². The molecule has 2 heterocycles. The number of urea groups is 2. The lowest BCUT2D eigenvalue weighted by Crippen LogP contribution is -2.48. The van der Waals surface area contributed by atoms with Crippen LogP contribution in [0.3, 0.4) is 0 Å². The minimum Gasteiger partial charge on any atom is -0.317 e. The SMILES string of the molecule is O=C(Nc1ccccc1)SCCN1C(=O)N(CCSC(=O)Nc2ccccc2)C2C1N(CCSC(=O)Nc1ccccc1)C(=O)N2CCSC(=O)Nc1ccccc1. The van der Waals surface area contributed by atoms with Gasteiger partial charge in [-0.05, 0) is 48.5 Å². The average Bonchev–Trinajstić information content (AvgIpc) is 3.64. The van der Waals surface area contributed by atoms with Gasteiger partial charge in [-0.25, -0.2) is 9.59 Å². The van der Waals surface area contributed by atoms with Crippen LogP contribution >= 0.6 is 47.0 Å². The first kappa shape index (κ1) is 42.3. The van der Waals surface area contributed by atoms with Gasteiger partial charge in [0.05, 0.1) is 0 Å². The molecule has 6 rings (SSSR count). The Hall–Kier alpha value is -5.30. The van der Waals surface area contributed by atoms with Crippen LogP contribution in [0.5, 0.6) is 0 Å². The molecular formula is C40H42N8O6S4. The van der Waals surface area contributed by atoms with Crippen LogP contribution in [0.15, 0.2) is 121 Å². The molecule has 8 amide bonds. The highest BCUT2D eigenvalue weighted by Gasteiger charge is 2.58. The Morgan fingerprint density at radius 3 is 0.793 bits per heavy atom. The first-order valence-corrected chi connectivity index (χ1v) is 22.3. The number of nitrogens with zero attached hydrogens (tertiary/aromatic N) is 4. The fourth-order valence-electron chi connectivity index (χ4n) is 6.32. The van der Waals surface area contributed by atoms with Crippen molar-refractivity contribution in [3.63, 3.8) is 0 Å². The second kappa shape index (κ2) is 21.5. The third kappa shape index (κ3) is 11.9. The van der Waals surface area contributed by atoms with E-state index in [1.807, 2.05) is 72.8 Å². The van der Waals surface area contributed by atoms with Crippen molar-refractivity contribution in [3.8, 4) is 0 Å². The van der Waals surface area contributed by atoms with Crippen molar-refractivity contribution >= 4 is 103 Å². The molecule has 302 valence electrons. The fourth-order valence-corrected chi connectivity index (χ4v) is 8.98. The zero-order chi connectivity index (χ0) is 40.7. The highest BCUT2D eigenvalue weighted by Crippen LogP contribution is 2.36. The lowest BCUT2D eigenvalue weighted by Gasteiger charge is -2.29. The predicted molar refractivity (Wildman–Crippen MR) is 237 cm³/mol. The summed E-state index contributed by atoms with van der Waals surface area (Å²) >= 11 is 4.08. The number of fused-ring (bicyclic) bond motifs is 1. The maximum absolute atomic E-state index is 14.3. The van der Waals surface area contributed by atoms with Gasteiger partial charge >= 0.3 is 12.1 Å². The van der Waals surface area contributed by atoms with Gasteiger partial charge in [0, 0.05) is 71.9 Å². The molecule has 4 N–H and O–H groups in total. The fraction of sp³-hybridized carbons (Fsp3) is 0.250. The number of benzene rings is 4. The number of thioether (sulfide) groups is 4. The summed E-state index contributed by atoms with van der Waals surface area (Å²) in [5, 5.41) is 10.2. The van der Waals surface area contributed by atoms with Gasteiger partial charge in [-0.15, -0.1) is 0 Å². The van der Waals surface area contributed by atoms with Crippen LogP contribution in [0.1, 0.15) is 0 Å². The molecule has 0 unspecified atom stereocenters. The number of carbonyl (C=O) groups excluding carboxylic acids is 6. The smallest absolute Gasteiger partial charge is 0.317 e. The zero-order valence-corrected chi connectivity index (χ0v) is 34.5. The monoisotopic (exact) mass is 858 g/mol. The number of carbonyl (C=O) groups is 6. The maximum atomic E-state index is 14.3. The second-order valence-corrected chi connectivity index (χ2v) is 16.9. The third-order valence-electron chi connectivity index (χ3n) is 8.87. The number of amides is 8. The maximum Gasteiger partial charge on any atom is 0.323 e. The van der Waals surface area contributed by atoms with Gasteiger partial charge in [0.25, 0.3) is 21.0 Å². The molecule has 2 saturated heterocycles. The molecule has 4 aromatic carbocycles. The molecule has 0 aliphatic carbocycles.